The molecular formula is C18H16ClN3O4. The van der Waals surface area contributed by atoms with Crippen molar-refractivity contribution >= 4 is 17.5 Å². The lowest BCUT2D eigenvalue weighted by Crippen LogP contribution is -2.23. The van der Waals surface area contributed by atoms with Gasteiger partial charge in [0.15, 0.2) is 11.5 Å². The van der Waals surface area contributed by atoms with Gasteiger partial charge in [0.2, 0.25) is 11.8 Å². The predicted molar refractivity (Wildman–Crippen MR) is 95.5 cm³/mol. The molecule has 0 saturated heterocycles. The van der Waals surface area contributed by atoms with Gasteiger partial charge < -0.3 is 19.2 Å². The number of nitrogens with one attached hydrogen (secondary N) is 1. The molecule has 0 spiro atoms. The van der Waals surface area contributed by atoms with Crippen molar-refractivity contribution in [1.82, 2.24) is 15.5 Å². The molecule has 1 N–H and O–H groups in total. The summed E-state index contributed by atoms with van der Waals surface area (Å²) >= 11 is 6.11. The van der Waals surface area contributed by atoms with Gasteiger partial charge >= 0.3 is 0 Å². The Balaban J connectivity index is 1.68. The van der Waals surface area contributed by atoms with Crippen molar-refractivity contribution < 1.29 is 18.7 Å². The fourth-order valence-electron chi connectivity index (χ4n) is 2.30. The maximum Gasteiger partial charge on any atom is 0.251 e. The van der Waals surface area contributed by atoms with Crippen LogP contribution < -0.4 is 14.8 Å². The van der Waals surface area contributed by atoms with E-state index in [4.69, 9.17) is 25.5 Å². The molecular weight excluding hydrogens is 358 g/mol. The summed E-state index contributed by atoms with van der Waals surface area (Å²) in [4.78, 5) is 12.3. The maximum atomic E-state index is 12.3. The highest BCUT2D eigenvalue weighted by atomic mass is 35.5. The number of rotatable bonds is 6. The number of carbonyl (C=O) groups excluding carboxylic acids is 1. The van der Waals surface area contributed by atoms with Crippen LogP contribution in [0.4, 0.5) is 0 Å². The van der Waals surface area contributed by atoms with E-state index in [9.17, 15) is 4.79 Å². The van der Waals surface area contributed by atoms with E-state index in [0.29, 0.717) is 33.5 Å². The van der Waals surface area contributed by atoms with Crippen molar-refractivity contribution in [3.63, 3.8) is 0 Å². The van der Waals surface area contributed by atoms with E-state index in [1.807, 2.05) is 12.1 Å². The molecule has 0 aliphatic heterocycles. The number of ether oxygens (including phenoxy) is 2. The van der Waals surface area contributed by atoms with E-state index in [0.717, 1.165) is 0 Å². The Bertz CT molecular complexity index is 926. The quantitative estimate of drug-likeness (QED) is 0.713. The Morgan fingerprint density at radius 2 is 1.88 bits per heavy atom. The van der Waals surface area contributed by atoms with Gasteiger partial charge in [-0.25, -0.2) is 0 Å². The molecule has 8 heteroatoms. The lowest BCUT2D eigenvalue weighted by molar-refractivity contribution is 0.0947. The number of methoxy groups -OCH3 is 2. The minimum Gasteiger partial charge on any atom is -0.493 e. The normalized spacial score (nSPS) is 10.4. The number of aromatic nitrogens is 2. The van der Waals surface area contributed by atoms with Crippen molar-refractivity contribution in [3.8, 4) is 23.0 Å². The summed E-state index contributed by atoms with van der Waals surface area (Å²) in [5.41, 5.74) is 1.06. The molecule has 0 atom stereocenters. The molecule has 0 unspecified atom stereocenters. The van der Waals surface area contributed by atoms with Gasteiger partial charge in [0.05, 0.1) is 31.4 Å². The lowest BCUT2D eigenvalue weighted by atomic mass is 10.2. The van der Waals surface area contributed by atoms with Crippen LogP contribution in [0.1, 0.15) is 16.2 Å². The summed E-state index contributed by atoms with van der Waals surface area (Å²) in [5.74, 6) is 1.28. The molecule has 0 saturated carbocycles. The van der Waals surface area contributed by atoms with Crippen molar-refractivity contribution in [2.24, 2.45) is 0 Å². The summed E-state index contributed by atoms with van der Waals surface area (Å²) in [5, 5.41) is 11.1. The molecule has 1 heterocycles. The van der Waals surface area contributed by atoms with Crippen LogP contribution >= 0.6 is 11.6 Å². The van der Waals surface area contributed by atoms with Crippen molar-refractivity contribution in [3.05, 3.63) is 58.9 Å². The first-order valence-electron chi connectivity index (χ1n) is 7.70. The number of amides is 1. The summed E-state index contributed by atoms with van der Waals surface area (Å²) in [7, 11) is 3.04. The summed E-state index contributed by atoms with van der Waals surface area (Å²) in [6, 6.07) is 12.0. The van der Waals surface area contributed by atoms with Crippen molar-refractivity contribution in [1.29, 1.82) is 0 Å². The number of hydrogen-bond donors (Lipinski definition) is 1. The first-order valence-corrected chi connectivity index (χ1v) is 8.07. The summed E-state index contributed by atoms with van der Waals surface area (Å²) in [6.45, 7) is 0.0879. The second-order valence-corrected chi connectivity index (χ2v) is 5.64. The zero-order valence-corrected chi connectivity index (χ0v) is 14.9. The number of benzene rings is 2. The number of halogens is 1. The number of hydrogen-bond acceptors (Lipinski definition) is 6. The van der Waals surface area contributed by atoms with Gasteiger partial charge in [-0.1, -0.05) is 23.7 Å². The monoisotopic (exact) mass is 373 g/mol. The first-order chi connectivity index (χ1) is 12.6. The molecule has 3 aromatic rings. The molecule has 0 bridgehead atoms. The topological polar surface area (TPSA) is 86.5 Å². The van der Waals surface area contributed by atoms with E-state index < -0.39 is 0 Å². The van der Waals surface area contributed by atoms with Crippen molar-refractivity contribution in [2.45, 2.75) is 6.54 Å². The van der Waals surface area contributed by atoms with E-state index in [1.165, 1.54) is 14.2 Å². The SMILES string of the molecule is COc1ccc(C(=O)NCc2nnc(-c3ccccc3Cl)o2)cc1OC. The summed E-state index contributed by atoms with van der Waals surface area (Å²) in [6.07, 6.45) is 0. The predicted octanol–water partition coefficient (Wildman–Crippen LogP) is 3.34. The Kier molecular flexibility index (Phi) is 5.38. The van der Waals surface area contributed by atoms with Gasteiger partial charge in [0, 0.05) is 5.56 Å². The molecule has 7 nitrogen and oxygen atoms in total. The van der Waals surface area contributed by atoms with Gasteiger partial charge in [-0.15, -0.1) is 10.2 Å². The van der Waals surface area contributed by atoms with E-state index in [2.05, 4.69) is 15.5 Å². The maximum absolute atomic E-state index is 12.3. The van der Waals surface area contributed by atoms with Gasteiger partial charge in [-0.3, -0.25) is 4.79 Å². The summed E-state index contributed by atoms with van der Waals surface area (Å²) < 4.78 is 15.9. The third-order valence-electron chi connectivity index (χ3n) is 3.62. The Morgan fingerprint density at radius 3 is 2.62 bits per heavy atom. The molecule has 0 aliphatic rings. The highest BCUT2D eigenvalue weighted by Gasteiger charge is 2.14. The van der Waals surface area contributed by atoms with Gasteiger partial charge in [-0.2, -0.15) is 0 Å². The number of carbonyl (C=O) groups is 1. The fourth-order valence-corrected chi connectivity index (χ4v) is 2.52. The van der Waals surface area contributed by atoms with Crippen LogP contribution in [0.25, 0.3) is 11.5 Å². The van der Waals surface area contributed by atoms with Crippen LogP contribution in [0.5, 0.6) is 11.5 Å². The Labute approximate surface area is 154 Å². The van der Waals surface area contributed by atoms with Gasteiger partial charge in [0.25, 0.3) is 5.91 Å². The molecule has 26 heavy (non-hydrogen) atoms. The third kappa shape index (κ3) is 3.78. The minimum absolute atomic E-state index is 0.0879. The zero-order chi connectivity index (χ0) is 18.5. The van der Waals surface area contributed by atoms with Crippen LogP contribution in [-0.2, 0) is 6.54 Å². The average Bonchev–Trinajstić information content (AvgIpc) is 3.14. The third-order valence-corrected chi connectivity index (χ3v) is 3.95. The average molecular weight is 374 g/mol. The smallest absolute Gasteiger partial charge is 0.251 e. The highest BCUT2D eigenvalue weighted by Crippen LogP contribution is 2.28. The second-order valence-electron chi connectivity index (χ2n) is 5.23. The molecule has 1 aromatic heterocycles. The Hall–Kier alpha value is -3.06. The van der Waals surface area contributed by atoms with Gasteiger partial charge in [-0.05, 0) is 30.3 Å². The molecule has 1 amide bonds. The highest BCUT2D eigenvalue weighted by molar-refractivity contribution is 6.33. The first kappa shape index (κ1) is 17.8. The van der Waals surface area contributed by atoms with E-state index >= 15 is 0 Å². The molecule has 0 fully saturated rings. The van der Waals surface area contributed by atoms with Gasteiger partial charge in [0.1, 0.15) is 0 Å². The number of nitrogens with zero attached hydrogens (tertiary/aromatic N) is 2. The van der Waals surface area contributed by atoms with Crippen molar-refractivity contribution in [2.75, 3.05) is 14.2 Å². The van der Waals surface area contributed by atoms with Crippen LogP contribution in [0.3, 0.4) is 0 Å². The van der Waals surface area contributed by atoms with Crippen LogP contribution in [0.15, 0.2) is 46.9 Å². The largest absolute Gasteiger partial charge is 0.493 e. The molecule has 2 aromatic carbocycles. The molecule has 0 radical (unpaired) electrons. The zero-order valence-electron chi connectivity index (χ0n) is 14.2. The minimum atomic E-state index is -0.302. The van der Waals surface area contributed by atoms with Crippen LogP contribution in [0, 0.1) is 0 Å². The lowest BCUT2D eigenvalue weighted by Gasteiger charge is -2.09. The fraction of sp³-hybridized carbons (Fsp3) is 0.167. The van der Waals surface area contributed by atoms with Crippen LogP contribution in [-0.4, -0.2) is 30.3 Å². The Morgan fingerprint density at radius 1 is 1.12 bits per heavy atom. The van der Waals surface area contributed by atoms with Crippen LogP contribution in [0.2, 0.25) is 5.02 Å². The second kappa shape index (κ2) is 7.88. The molecule has 134 valence electrons. The standard InChI is InChI=1S/C18H16ClN3O4/c1-24-14-8-7-11(9-15(14)25-2)17(23)20-10-16-21-22-18(26-16)12-5-3-4-6-13(12)19/h3-9H,10H2,1-2H3,(H,20,23). The van der Waals surface area contributed by atoms with E-state index in [-0.39, 0.29) is 18.3 Å². The van der Waals surface area contributed by atoms with E-state index in [1.54, 1.807) is 30.3 Å². The molecule has 3 rings (SSSR count). The molecule has 0 aliphatic carbocycles.